The maximum atomic E-state index is 12.1. The first-order valence-electron chi connectivity index (χ1n) is 10.6. The largest absolute Gasteiger partial charge is 0.357 e. The van der Waals surface area contributed by atoms with Crippen LogP contribution in [0.4, 0.5) is 5.82 Å². The van der Waals surface area contributed by atoms with Crippen LogP contribution in [0.1, 0.15) is 70.7 Å². The molecule has 0 radical (unpaired) electrons. The van der Waals surface area contributed by atoms with E-state index in [4.69, 9.17) is 4.52 Å². The maximum absolute atomic E-state index is 12.1. The summed E-state index contributed by atoms with van der Waals surface area (Å²) in [4.78, 5) is 23.4. The van der Waals surface area contributed by atoms with E-state index in [9.17, 15) is 4.79 Å². The van der Waals surface area contributed by atoms with Gasteiger partial charge in [0, 0.05) is 44.1 Å². The number of hydrogen-bond donors (Lipinski definition) is 1. The Labute approximate surface area is 173 Å². The van der Waals surface area contributed by atoms with Crippen LogP contribution in [-0.2, 0) is 23.2 Å². The van der Waals surface area contributed by atoms with E-state index < -0.39 is 0 Å². The highest BCUT2D eigenvalue weighted by molar-refractivity contribution is 5.75. The lowest BCUT2D eigenvalue weighted by Gasteiger charge is -2.31. The van der Waals surface area contributed by atoms with Gasteiger partial charge < -0.3 is 14.7 Å². The number of piperidine rings is 1. The number of aromatic nitrogens is 3. The molecular formula is C22H33N5O2. The number of amides is 1. The Morgan fingerprint density at radius 2 is 2.03 bits per heavy atom. The molecule has 1 aliphatic heterocycles. The molecule has 2 aromatic heterocycles. The van der Waals surface area contributed by atoms with Crippen molar-refractivity contribution < 1.29 is 9.32 Å². The third-order valence-corrected chi connectivity index (χ3v) is 5.34. The summed E-state index contributed by atoms with van der Waals surface area (Å²) in [7, 11) is 0. The number of nitrogens with zero attached hydrogens (tertiary/aromatic N) is 4. The highest BCUT2D eigenvalue weighted by Crippen LogP contribution is 2.21. The zero-order valence-corrected chi connectivity index (χ0v) is 18.1. The molecule has 0 aromatic carbocycles. The van der Waals surface area contributed by atoms with Crippen LogP contribution in [0.25, 0.3) is 0 Å². The predicted octanol–water partition coefficient (Wildman–Crippen LogP) is 3.64. The van der Waals surface area contributed by atoms with Crippen LogP contribution in [0.5, 0.6) is 0 Å². The molecular weight excluding hydrogens is 366 g/mol. The van der Waals surface area contributed by atoms with E-state index in [0.29, 0.717) is 37.5 Å². The van der Waals surface area contributed by atoms with Crippen molar-refractivity contribution in [2.75, 3.05) is 18.0 Å². The molecule has 29 heavy (non-hydrogen) atoms. The molecule has 158 valence electrons. The van der Waals surface area contributed by atoms with E-state index in [-0.39, 0.29) is 11.3 Å². The average Bonchev–Trinajstić information content (AvgIpc) is 3.17. The highest BCUT2D eigenvalue weighted by Gasteiger charge is 2.21. The molecule has 0 unspecified atom stereocenters. The Bertz CT molecular complexity index is 786. The molecule has 3 rings (SSSR count). The van der Waals surface area contributed by atoms with Gasteiger partial charge in [-0.3, -0.25) is 4.79 Å². The number of nitrogens with one attached hydrogen (secondary N) is 1. The van der Waals surface area contributed by atoms with Crippen molar-refractivity contribution in [2.24, 2.45) is 5.92 Å². The van der Waals surface area contributed by atoms with Gasteiger partial charge in [0.2, 0.25) is 11.8 Å². The highest BCUT2D eigenvalue weighted by atomic mass is 16.5. The number of carbonyl (C=O) groups is 1. The monoisotopic (exact) mass is 399 g/mol. The summed E-state index contributed by atoms with van der Waals surface area (Å²) in [6.45, 7) is 11.1. The van der Waals surface area contributed by atoms with Gasteiger partial charge in [0.05, 0.1) is 0 Å². The normalized spacial score (nSPS) is 15.5. The summed E-state index contributed by atoms with van der Waals surface area (Å²) < 4.78 is 5.26. The second-order valence-corrected chi connectivity index (χ2v) is 9.09. The fraction of sp³-hybridized carbons (Fsp3) is 0.636. The number of anilines is 1. The Balaban J connectivity index is 1.37. The first-order valence-corrected chi connectivity index (χ1v) is 10.6. The Kier molecular flexibility index (Phi) is 6.87. The molecule has 3 heterocycles. The molecule has 2 aromatic rings. The number of pyridine rings is 1. The molecule has 0 spiro atoms. The van der Waals surface area contributed by atoms with Crippen molar-refractivity contribution in [3.8, 4) is 0 Å². The fourth-order valence-corrected chi connectivity index (χ4v) is 3.30. The van der Waals surface area contributed by atoms with Crippen LogP contribution in [0.15, 0.2) is 22.9 Å². The van der Waals surface area contributed by atoms with Gasteiger partial charge in [-0.25, -0.2) is 4.98 Å². The second kappa shape index (κ2) is 9.37. The van der Waals surface area contributed by atoms with Crippen LogP contribution in [0.3, 0.4) is 0 Å². The topological polar surface area (TPSA) is 84.2 Å². The van der Waals surface area contributed by atoms with Crippen LogP contribution in [-0.4, -0.2) is 34.1 Å². The zero-order valence-electron chi connectivity index (χ0n) is 18.1. The molecule has 7 nitrogen and oxygen atoms in total. The van der Waals surface area contributed by atoms with Crippen LogP contribution in [0.2, 0.25) is 0 Å². The van der Waals surface area contributed by atoms with E-state index in [1.54, 1.807) is 0 Å². The summed E-state index contributed by atoms with van der Waals surface area (Å²) in [6, 6.07) is 4.10. The minimum absolute atomic E-state index is 0.0228. The maximum Gasteiger partial charge on any atom is 0.226 e. The molecule has 1 fully saturated rings. The molecule has 0 aliphatic carbocycles. The summed E-state index contributed by atoms with van der Waals surface area (Å²) in [5, 5.41) is 6.97. The zero-order chi connectivity index (χ0) is 20.9. The molecule has 1 N–H and O–H groups in total. The lowest BCUT2D eigenvalue weighted by atomic mass is 9.96. The Morgan fingerprint density at radius 3 is 2.66 bits per heavy atom. The third kappa shape index (κ3) is 6.27. The van der Waals surface area contributed by atoms with E-state index in [0.717, 1.165) is 30.4 Å². The summed E-state index contributed by atoms with van der Waals surface area (Å²) in [5.74, 6) is 3.15. The number of hydrogen-bond acceptors (Lipinski definition) is 6. The van der Waals surface area contributed by atoms with Gasteiger partial charge in [-0.05, 0) is 36.8 Å². The van der Waals surface area contributed by atoms with Gasteiger partial charge in [0.1, 0.15) is 5.82 Å². The fourth-order valence-electron chi connectivity index (χ4n) is 3.30. The minimum Gasteiger partial charge on any atom is -0.357 e. The lowest BCUT2D eigenvalue weighted by Crippen LogP contribution is -2.33. The SMILES string of the molecule is CC1CCN(c2ccc(CNC(=O)CCCc3nc(C(C)(C)C)no3)cn2)CC1. The van der Waals surface area contributed by atoms with Crippen LogP contribution >= 0.6 is 0 Å². The van der Waals surface area contributed by atoms with Gasteiger partial charge in [-0.15, -0.1) is 0 Å². The summed E-state index contributed by atoms with van der Waals surface area (Å²) in [6.07, 6.45) is 6.04. The number of aryl methyl sites for hydroxylation is 1. The van der Waals surface area contributed by atoms with Gasteiger partial charge in [0.25, 0.3) is 0 Å². The van der Waals surface area contributed by atoms with E-state index >= 15 is 0 Å². The number of rotatable bonds is 7. The van der Waals surface area contributed by atoms with Crippen LogP contribution < -0.4 is 10.2 Å². The van der Waals surface area contributed by atoms with Crippen molar-refractivity contribution in [3.05, 3.63) is 35.6 Å². The first-order chi connectivity index (χ1) is 13.8. The van der Waals surface area contributed by atoms with E-state index in [2.05, 4.69) is 38.3 Å². The van der Waals surface area contributed by atoms with Crippen molar-refractivity contribution in [2.45, 2.75) is 71.8 Å². The molecule has 1 amide bonds. The van der Waals surface area contributed by atoms with Gasteiger partial charge >= 0.3 is 0 Å². The standard InChI is InChI=1S/C22H33N5O2/c1-16-10-12-27(13-11-16)18-9-8-17(14-23-18)15-24-19(28)6-5-7-20-25-21(26-29-20)22(2,3)4/h8-9,14,16H,5-7,10-13,15H2,1-4H3,(H,24,28). The summed E-state index contributed by atoms with van der Waals surface area (Å²) in [5.41, 5.74) is 0.883. The minimum atomic E-state index is -0.130. The van der Waals surface area contributed by atoms with Gasteiger partial charge in [0.15, 0.2) is 5.82 Å². The molecule has 0 bridgehead atoms. The third-order valence-electron chi connectivity index (χ3n) is 5.34. The second-order valence-electron chi connectivity index (χ2n) is 9.09. The van der Waals surface area contributed by atoms with E-state index in [1.807, 2.05) is 33.0 Å². The quantitative estimate of drug-likeness (QED) is 0.765. The molecule has 0 atom stereocenters. The summed E-state index contributed by atoms with van der Waals surface area (Å²) >= 11 is 0. The molecule has 0 saturated carbocycles. The first kappa shape index (κ1) is 21.3. The van der Waals surface area contributed by atoms with Crippen molar-refractivity contribution in [1.82, 2.24) is 20.4 Å². The Hall–Kier alpha value is -2.44. The smallest absolute Gasteiger partial charge is 0.226 e. The van der Waals surface area contributed by atoms with Crippen LogP contribution in [0, 0.1) is 5.92 Å². The molecule has 1 aliphatic rings. The molecule has 1 saturated heterocycles. The number of carbonyl (C=O) groups excluding carboxylic acids is 1. The molecule has 7 heteroatoms. The average molecular weight is 400 g/mol. The lowest BCUT2D eigenvalue weighted by molar-refractivity contribution is -0.121. The van der Waals surface area contributed by atoms with Crippen molar-refractivity contribution in [1.29, 1.82) is 0 Å². The van der Waals surface area contributed by atoms with E-state index in [1.165, 1.54) is 12.8 Å². The van der Waals surface area contributed by atoms with Crippen molar-refractivity contribution >= 4 is 11.7 Å². The van der Waals surface area contributed by atoms with Crippen molar-refractivity contribution in [3.63, 3.8) is 0 Å². The predicted molar refractivity (Wildman–Crippen MR) is 113 cm³/mol. The van der Waals surface area contributed by atoms with Gasteiger partial charge in [-0.2, -0.15) is 4.98 Å². The van der Waals surface area contributed by atoms with Gasteiger partial charge in [-0.1, -0.05) is 38.9 Å². The Morgan fingerprint density at radius 1 is 1.28 bits per heavy atom.